The van der Waals surface area contributed by atoms with Gasteiger partial charge in [-0.3, -0.25) is 4.84 Å². The lowest BCUT2D eigenvalue weighted by molar-refractivity contribution is -0.143. The molecule has 0 heterocycles. The number of hydrogen-bond acceptors (Lipinski definition) is 3. The summed E-state index contributed by atoms with van der Waals surface area (Å²) in [6.45, 7) is 5.51. The van der Waals surface area contributed by atoms with Gasteiger partial charge in [0.1, 0.15) is 0 Å². The van der Waals surface area contributed by atoms with Gasteiger partial charge in [0.2, 0.25) is 0 Å². The summed E-state index contributed by atoms with van der Waals surface area (Å²) in [4.78, 5) is 26.3. The van der Waals surface area contributed by atoms with E-state index in [0.29, 0.717) is 5.69 Å². The van der Waals surface area contributed by atoms with Gasteiger partial charge in [0.05, 0.1) is 0 Å². The number of aliphatic carboxylic acids is 1. The van der Waals surface area contributed by atoms with E-state index in [4.69, 9.17) is 5.11 Å². The molecule has 0 bridgehead atoms. The second-order valence-electron chi connectivity index (χ2n) is 5.03. The molecule has 0 aromatic heterocycles. The molecule has 0 radical (unpaired) electrons. The summed E-state index contributed by atoms with van der Waals surface area (Å²) in [5.41, 5.74) is 3.53. The first-order valence-electron chi connectivity index (χ1n) is 5.81. The molecule has 104 valence electrons. The van der Waals surface area contributed by atoms with Gasteiger partial charge < -0.3 is 10.4 Å². The van der Waals surface area contributed by atoms with E-state index in [0.717, 1.165) is 5.56 Å². The van der Waals surface area contributed by atoms with Gasteiger partial charge in [0.25, 0.3) is 0 Å². The molecular weight excluding hydrogens is 248 g/mol. The van der Waals surface area contributed by atoms with Crippen LogP contribution in [0.4, 0.5) is 10.5 Å². The maximum absolute atomic E-state index is 11.5. The number of carboxylic acids is 1. The van der Waals surface area contributed by atoms with E-state index in [-0.39, 0.29) is 5.41 Å². The number of carboxylic acid groups (broad SMARTS) is 1. The third-order valence-corrected chi connectivity index (χ3v) is 2.34. The second-order valence-corrected chi connectivity index (χ2v) is 5.03. The zero-order chi connectivity index (χ0) is 14.5. The fourth-order valence-corrected chi connectivity index (χ4v) is 1.56. The van der Waals surface area contributed by atoms with Gasteiger partial charge in [0.15, 0.2) is 6.61 Å². The molecule has 0 aliphatic rings. The number of nitrogens with one attached hydrogen (secondary N) is 2. The van der Waals surface area contributed by atoms with Crippen LogP contribution in [-0.2, 0) is 15.0 Å². The predicted octanol–water partition coefficient (Wildman–Crippen LogP) is 2.12. The van der Waals surface area contributed by atoms with Crippen LogP contribution in [0.15, 0.2) is 24.3 Å². The molecular formula is C13H18N2O4. The normalized spacial score (nSPS) is 10.9. The van der Waals surface area contributed by atoms with E-state index in [1.165, 1.54) is 0 Å². The maximum atomic E-state index is 11.5. The molecule has 6 nitrogen and oxygen atoms in total. The van der Waals surface area contributed by atoms with Crippen molar-refractivity contribution < 1.29 is 19.5 Å². The molecule has 6 heteroatoms. The summed E-state index contributed by atoms with van der Waals surface area (Å²) in [5.74, 6) is -1.16. The quantitative estimate of drug-likeness (QED) is 0.728. The molecule has 3 N–H and O–H groups in total. The first-order chi connectivity index (χ1) is 8.80. The molecule has 0 saturated carbocycles. The van der Waals surface area contributed by atoms with Gasteiger partial charge in [-0.25, -0.2) is 15.1 Å². The smallest absolute Gasteiger partial charge is 0.343 e. The largest absolute Gasteiger partial charge is 0.479 e. The molecule has 1 rings (SSSR count). The van der Waals surface area contributed by atoms with E-state index < -0.39 is 18.6 Å². The molecule has 0 fully saturated rings. The molecule has 1 aromatic carbocycles. The number of hydroxylamine groups is 1. The molecule has 2 amide bonds. The van der Waals surface area contributed by atoms with Crippen molar-refractivity contribution >= 4 is 17.7 Å². The Bertz CT molecular complexity index is 466. The molecule has 0 unspecified atom stereocenters. The third kappa shape index (κ3) is 4.97. The van der Waals surface area contributed by atoms with Crippen LogP contribution in [-0.4, -0.2) is 23.7 Å². The number of urea groups is 1. The highest BCUT2D eigenvalue weighted by Crippen LogP contribution is 2.28. The Morgan fingerprint density at radius 2 is 1.89 bits per heavy atom. The zero-order valence-corrected chi connectivity index (χ0v) is 11.2. The van der Waals surface area contributed by atoms with E-state index in [1.807, 2.05) is 44.5 Å². The lowest BCUT2D eigenvalue weighted by atomic mass is 9.86. The van der Waals surface area contributed by atoms with Crippen LogP contribution < -0.4 is 10.8 Å². The number of benzene rings is 1. The van der Waals surface area contributed by atoms with Gasteiger partial charge in [-0.1, -0.05) is 39.0 Å². The van der Waals surface area contributed by atoms with Crippen LogP contribution in [0.3, 0.4) is 0 Å². The standard InChI is InChI=1S/C13H18N2O4/c1-13(2,3)9-6-4-5-7-10(9)14-12(18)15-19-8-11(16)17/h4-7H,8H2,1-3H3,(H,16,17)(H2,14,15,18). The van der Waals surface area contributed by atoms with Crippen LogP contribution in [0.1, 0.15) is 26.3 Å². The average molecular weight is 266 g/mol. The minimum atomic E-state index is -1.16. The maximum Gasteiger partial charge on any atom is 0.343 e. The lowest BCUT2D eigenvalue weighted by Crippen LogP contribution is -2.31. The molecule has 0 saturated heterocycles. The highest BCUT2D eigenvalue weighted by molar-refractivity contribution is 5.89. The van der Waals surface area contributed by atoms with Gasteiger partial charge in [-0.15, -0.1) is 0 Å². The minimum Gasteiger partial charge on any atom is -0.479 e. The number of anilines is 1. The predicted molar refractivity (Wildman–Crippen MR) is 70.9 cm³/mol. The Morgan fingerprint density at radius 1 is 1.26 bits per heavy atom. The Kier molecular flexibility index (Phi) is 4.88. The summed E-state index contributed by atoms with van der Waals surface area (Å²) < 4.78 is 0. The van der Waals surface area contributed by atoms with Gasteiger partial charge in [-0.2, -0.15) is 0 Å². The van der Waals surface area contributed by atoms with Gasteiger partial charge >= 0.3 is 12.0 Å². The zero-order valence-electron chi connectivity index (χ0n) is 11.2. The third-order valence-electron chi connectivity index (χ3n) is 2.34. The molecule has 0 aliphatic carbocycles. The summed E-state index contributed by atoms with van der Waals surface area (Å²) in [7, 11) is 0. The Labute approximate surface area is 111 Å². The SMILES string of the molecule is CC(C)(C)c1ccccc1NC(=O)NOCC(=O)O. The number of carbonyl (C=O) groups excluding carboxylic acids is 1. The van der Waals surface area contributed by atoms with Crippen LogP contribution in [0.2, 0.25) is 0 Å². The minimum absolute atomic E-state index is 0.119. The fourth-order valence-electron chi connectivity index (χ4n) is 1.56. The summed E-state index contributed by atoms with van der Waals surface area (Å²) in [6, 6.07) is 6.79. The summed E-state index contributed by atoms with van der Waals surface area (Å²) in [5, 5.41) is 11.0. The van der Waals surface area contributed by atoms with Gasteiger partial charge in [0, 0.05) is 5.69 Å². The number of carbonyl (C=O) groups is 2. The number of amides is 2. The van der Waals surface area contributed by atoms with Crippen LogP contribution in [0.25, 0.3) is 0 Å². The lowest BCUT2D eigenvalue weighted by Gasteiger charge is -2.22. The van der Waals surface area contributed by atoms with Crippen molar-refractivity contribution in [1.82, 2.24) is 5.48 Å². The first-order valence-corrected chi connectivity index (χ1v) is 5.81. The van der Waals surface area contributed by atoms with Crippen molar-refractivity contribution in [1.29, 1.82) is 0 Å². The Hall–Kier alpha value is -2.08. The monoisotopic (exact) mass is 266 g/mol. The van der Waals surface area contributed by atoms with Crippen LogP contribution >= 0.6 is 0 Å². The molecule has 1 aromatic rings. The van der Waals surface area contributed by atoms with E-state index in [1.54, 1.807) is 6.07 Å². The number of hydrogen-bond donors (Lipinski definition) is 3. The van der Waals surface area contributed by atoms with Crippen molar-refractivity contribution in [2.24, 2.45) is 0 Å². The van der Waals surface area contributed by atoms with Crippen molar-refractivity contribution in [3.05, 3.63) is 29.8 Å². The molecule has 19 heavy (non-hydrogen) atoms. The second kappa shape index (κ2) is 6.19. The molecule has 0 spiro atoms. The van der Waals surface area contributed by atoms with Crippen molar-refractivity contribution in [3.63, 3.8) is 0 Å². The van der Waals surface area contributed by atoms with E-state index in [9.17, 15) is 9.59 Å². The topological polar surface area (TPSA) is 87.7 Å². The highest BCUT2D eigenvalue weighted by Gasteiger charge is 2.18. The summed E-state index contributed by atoms with van der Waals surface area (Å²) in [6.07, 6.45) is 0. The average Bonchev–Trinajstić information content (AvgIpc) is 2.27. The molecule has 0 aliphatic heterocycles. The Balaban J connectivity index is 2.67. The van der Waals surface area contributed by atoms with E-state index >= 15 is 0 Å². The van der Waals surface area contributed by atoms with Crippen LogP contribution in [0, 0.1) is 0 Å². The molecule has 0 atom stereocenters. The first kappa shape index (κ1) is 15.0. The number of para-hydroxylation sites is 1. The van der Waals surface area contributed by atoms with Crippen LogP contribution in [0.5, 0.6) is 0 Å². The highest BCUT2D eigenvalue weighted by atomic mass is 16.7. The fraction of sp³-hybridized carbons (Fsp3) is 0.385. The van der Waals surface area contributed by atoms with Crippen molar-refractivity contribution in [2.45, 2.75) is 26.2 Å². The Morgan fingerprint density at radius 3 is 2.47 bits per heavy atom. The number of rotatable bonds is 4. The van der Waals surface area contributed by atoms with E-state index in [2.05, 4.69) is 10.2 Å². The van der Waals surface area contributed by atoms with Gasteiger partial charge in [-0.05, 0) is 17.0 Å². The summed E-state index contributed by atoms with van der Waals surface area (Å²) >= 11 is 0. The van der Waals surface area contributed by atoms with Crippen molar-refractivity contribution in [2.75, 3.05) is 11.9 Å². The van der Waals surface area contributed by atoms with Crippen molar-refractivity contribution in [3.8, 4) is 0 Å².